The Morgan fingerprint density at radius 1 is 1.19 bits per heavy atom. The van der Waals surface area contributed by atoms with Crippen molar-refractivity contribution in [1.29, 1.82) is 0 Å². The van der Waals surface area contributed by atoms with Gasteiger partial charge in [-0.05, 0) is 63.3 Å². The van der Waals surface area contributed by atoms with Gasteiger partial charge in [0, 0.05) is 24.4 Å². The molecule has 2 bridgehead atoms. The van der Waals surface area contributed by atoms with E-state index in [1.165, 1.54) is 36.0 Å². The topological polar surface area (TPSA) is 20.3 Å². The highest BCUT2D eigenvalue weighted by Crippen LogP contribution is 2.36. The number of ketones is 1. The van der Waals surface area contributed by atoms with Gasteiger partial charge in [-0.3, -0.25) is 4.79 Å². The molecule has 3 rings (SSSR count). The van der Waals surface area contributed by atoms with Crippen LogP contribution in [-0.2, 0) is 11.2 Å². The average Bonchev–Trinajstić information content (AvgIpc) is 2.43. The first-order valence-electron chi connectivity index (χ1n) is 8.36. The maximum atomic E-state index is 12.8. The molecule has 114 valence electrons. The Morgan fingerprint density at radius 3 is 2.52 bits per heavy atom. The third kappa shape index (κ3) is 2.91. The van der Waals surface area contributed by atoms with Crippen molar-refractivity contribution < 1.29 is 4.79 Å². The molecular weight excluding hydrogens is 258 g/mol. The fourth-order valence-electron chi connectivity index (χ4n) is 4.21. The van der Waals surface area contributed by atoms with Crippen molar-refractivity contribution in [2.45, 2.75) is 64.5 Å². The largest absolute Gasteiger partial charge is 0.300 e. The number of hydrogen-bond donors (Lipinski definition) is 0. The Balaban J connectivity index is 1.70. The van der Waals surface area contributed by atoms with Crippen molar-refractivity contribution in [2.24, 2.45) is 5.92 Å². The number of piperidine rings is 2. The Morgan fingerprint density at radius 2 is 1.86 bits per heavy atom. The Labute approximate surface area is 128 Å². The molecule has 2 aliphatic rings. The Bertz CT molecular complexity index is 522. The van der Waals surface area contributed by atoms with Gasteiger partial charge in [-0.1, -0.05) is 24.6 Å². The minimum atomic E-state index is 0.288. The van der Waals surface area contributed by atoms with Crippen molar-refractivity contribution in [2.75, 3.05) is 7.05 Å². The first-order valence-corrected chi connectivity index (χ1v) is 8.36. The molecule has 21 heavy (non-hydrogen) atoms. The van der Waals surface area contributed by atoms with E-state index in [4.69, 9.17) is 0 Å². The summed E-state index contributed by atoms with van der Waals surface area (Å²) < 4.78 is 0. The van der Waals surface area contributed by atoms with E-state index in [9.17, 15) is 4.79 Å². The molecule has 2 fully saturated rings. The monoisotopic (exact) mass is 285 g/mol. The van der Waals surface area contributed by atoms with Crippen LogP contribution in [0.1, 0.15) is 48.8 Å². The number of carbonyl (C=O) groups excluding carboxylic acids is 1. The van der Waals surface area contributed by atoms with Gasteiger partial charge in [0.1, 0.15) is 5.78 Å². The van der Waals surface area contributed by atoms with E-state index < -0.39 is 0 Å². The lowest BCUT2D eigenvalue weighted by Crippen LogP contribution is -2.51. The maximum Gasteiger partial charge on any atom is 0.140 e. The standard InChI is InChI=1S/C19H27NO/c1-13-6-4-7-15(14(13)2)12-19(21)16-10-17-8-5-9-18(11-16)20(17)3/h4,6-7,16-18H,5,8-12H2,1-3H3. The number of carbonyl (C=O) groups is 1. The molecule has 2 atom stereocenters. The van der Waals surface area contributed by atoms with Crippen LogP contribution >= 0.6 is 0 Å². The minimum Gasteiger partial charge on any atom is -0.300 e. The molecule has 2 nitrogen and oxygen atoms in total. The van der Waals surface area contributed by atoms with E-state index in [2.05, 4.69) is 44.0 Å². The second kappa shape index (κ2) is 5.92. The van der Waals surface area contributed by atoms with E-state index in [0.29, 0.717) is 24.3 Å². The summed E-state index contributed by atoms with van der Waals surface area (Å²) in [7, 11) is 2.25. The van der Waals surface area contributed by atoms with Crippen LogP contribution in [0.2, 0.25) is 0 Å². The van der Waals surface area contributed by atoms with E-state index in [1.807, 2.05) is 0 Å². The molecular formula is C19H27NO. The predicted molar refractivity (Wildman–Crippen MR) is 86.5 cm³/mol. The van der Waals surface area contributed by atoms with Crippen molar-refractivity contribution in [1.82, 2.24) is 4.90 Å². The van der Waals surface area contributed by atoms with E-state index in [0.717, 1.165) is 12.8 Å². The van der Waals surface area contributed by atoms with Gasteiger partial charge in [-0.25, -0.2) is 0 Å². The highest BCUT2D eigenvalue weighted by molar-refractivity contribution is 5.83. The molecule has 2 heterocycles. The number of benzene rings is 1. The minimum absolute atomic E-state index is 0.288. The molecule has 2 heteroatoms. The summed E-state index contributed by atoms with van der Waals surface area (Å²) in [5, 5.41) is 0. The lowest BCUT2D eigenvalue weighted by Gasteiger charge is -2.46. The molecule has 0 amide bonds. The highest BCUT2D eigenvalue weighted by atomic mass is 16.1. The molecule has 2 unspecified atom stereocenters. The number of aryl methyl sites for hydroxylation is 1. The second-order valence-corrected chi connectivity index (χ2v) is 7.07. The normalized spacial score (nSPS) is 29.4. The average molecular weight is 285 g/mol. The van der Waals surface area contributed by atoms with Gasteiger partial charge in [0.25, 0.3) is 0 Å². The molecule has 1 aromatic carbocycles. The molecule has 2 aliphatic heterocycles. The third-order valence-corrected chi connectivity index (χ3v) is 5.88. The van der Waals surface area contributed by atoms with Gasteiger partial charge in [0.15, 0.2) is 0 Å². The Hall–Kier alpha value is -1.15. The maximum absolute atomic E-state index is 12.8. The van der Waals surface area contributed by atoms with E-state index >= 15 is 0 Å². The predicted octanol–water partition coefficient (Wildman–Crippen LogP) is 3.68. The smallest absolute Gasteiger partial charge is 0.140 e. The van der Waals surface area contributed by atoms with Gasteiger partial charge in [-0.2, -0.15) is 0 Å². The van der Waals surface area contributed by atoms with Crippen LogP contribution in [0.3, 0.4) is 0 Å². The number of nitrogens with zero attached hydrogens (tertiary/aromatic N) is 1. The van der Waals surface area contributed by atoms with Gasteiger partial charge in [0.05, 0.1) is 0 Å². The molecule has 0 saturated carbocycles. The number of hydrogen-bond acceptors (Lipinski definition) is 2. The van der Waals surface area contributed by atoms with E-state index in [1.54, 1.807) is 0 Å². The fourth-order valence-corrected chi connectivity index (χ4v) is 4.21. The van der Waals surface area contributed by atoms with Crippen LogP contribution in [0.4, 0.5) is 0 Å². The first-order chi connectivity index (χ1) is 10.1. The summed E-state index contributed by atoms with van der Waals surface area (Å²) in [6.45, 7) is 4.27. The zero-order chi connectivity index (χ0) is 15.0. The summed E-state index contributed by atoms with van der Waals surface area (Å²) in [5.41, 5.74) is 3.81. The molecule has 0 spiro atoms. The summed E-state index contributed by atoms with van der Waals surface area (Å²) >= 11 is 0. The van der Waals surface area contributed by atoms with Crippen LogP contribution < -0.4 is 0 Å². The number of rotatable bonds is 3. The fraction of sp³-hybridized carbons (Fsp3) is 0.632. The first kappa shape index (κ1) is 14.8. The zero-order valence-corrected chi connectivity index (χ0v) is 13.6. The third-order valence-electron chi connectivity index (χ3n) is 5.88. The van der Waals surface area contributed by atoms with Crippen molar-refractivity contribution in [3.63, 3.8) is 0 Å². The SMILES string of the molecule is Cc1cccc(CC(=O)C2CC3CCCC(C2)N3C)c1C. The molecule has 0 aromatic heterocycles. The van der Waals surface area contributed by atoms with Crippen molar-refractivity contribution in [3.8, 4) is 0 Å². The number of fused-ring (bicyclic) bond motifs is 2. The molecule has 0 aliphatic carbocycles. The van der Waals surface area contributed by atoms with Crippen LogP contribution in [0.15, 0.2) is 18.2 Å². The lowest BCUT2D eigenvalue weighted by atomic mass is 9.76. The van der Waals surface area contributed by atoms with Crippen LogP contribution in [0.5, 0.6) is 0 Å². The van der Waals surface area contributed by atoms with Gasteiger partial charge >= 0.3 is 0 Å². The molecule has 0 radical (unpaired) electrons. The van der Waals surface area contributed by atoms with Gasteiger partial charge < -0.3 is 4.90 Å². The van der Waals surface area contributed by atoms with Gasteiger partial charge in [-0.15, -0.1) is 0 Å². The second-order valence-electron chi connectivity index (χ2n) is 7.07. The summed E-state index contributed by atoms with van der Waals surface area (Å²) in [6, 6.07) is 7.61. The number of Topliss-reactive ketones (excluding diaryl/α,β-unsaturated/α-hetero) is 1. The molecule has 0 N–H and O–H groups in total. The highest BCUT2D eigenvalue weighted by Gasteiger charge is 2.38. The summed E-state index contributed by atoms with van der Waals surface area (Å²) in [5.74, 6) is 0.755. The lowest BCUT2D eigenvalue weighted by molar-refractivity contribution is -0.125. The molecule has 2 saturated heterocycles. The van der Waals surface area contributed by atoms with Crippen LogP contribution in [0.25, 0.3) is 0 Å². The van der Waals surface area contributed by atoms with Crippen LogP contribution in [0, 0.1) is 19.8 Å². The van der Waals surface area contributed by atoms with E-state index in [-0.39, 0.29) is 5.92 Å². The zero-order valence-electron chi connectivity index (χ0n) is 13.6. The van der Waals surface area contributed by atoms with Crippen molar-refractivity contribution in [3.05, 3.63) is 34.9 Å². The summed E-state index contributed by atoms with van der Waals surface area (Å²) in [6.07, 6.45) is 6.69. The Kier molecular flexibility index (Phi) is 4.17. The quantitative estimate of drug-likeness (QED) is 0.844. The van der Waals surface area contributed by atoms with Gasteiger partial charge in [0.2, 0.25) is 0 Å². The van der Waals surface area contributed by atoms with Crippen LogP contribution in [-0.4, -0.2) is 29.8 Å². The molecule has 1 aromatic rings. The summed E-state index contributed by atoms with van der Waals surface area (Å²) in [4.78, 5) is 15.3. The van der Waals surface area contributed by atoms with Crippen molar-refractivity contribution >= 4 is 5.78 Å².